The number of hydrazone groups is 1. The maximum Gasteiger partial charge on any atom is 0.291 e. The number of benzene rings is 2. The SMILES string of the molecule is O=C(N/N=C\c1ccc(Cl)c(Cl)c1)c1ccn(Cc2ccc([N+](=O)[O-])cc2)n1. The van der Waals surface area contributed by atoms with E-state index in [1.165, 1.54) is 18.3 Å². The third-order valence-electron chi connectivity index (χ3n) is 3.69. The molecule has 0 fully saturated rings. The van der Waals surface area contributed by atoms with Crippen molar-refractivity contribution in [1.82, 2.24) is 15.2 Å². The normalized spacial score (nSPS) is 10.9. The van der Waals surface area contributed by atoms with Crippen LogP contribution in [-0.4, -0.2) is 26.8 Å². The number of nitrogens with one attached hydrogen (secondary N) is 1. The molecule has 3 aromatic rings. The number of nitro benzene ring substituents is 1. The second-order valence-corrected chi connectivity index (χ2v) is 6.51. The third-order valence-corrected chi connectivity index (χ3v) is 4.43. The van der Waals surface area contributed by atoms with Gasteiger partial charge in [-0.3, -0.25) is 19.6 Å². The van der Waals surface area contributed by atoms with E-state index in [-0.39, 0.29) is 11.4 Å². The van der Waals surface area contributed by atoms with Crippen LogP contribution in [0.4, 0.5) is 5.69 Å². The van der Waals surface area contributed by atoms with Gasteiger partial charge in [-0.15, -0.1) is 0 Å². The van der Waals surface area contributed by atoms with Crippen LogP contribution in [0.1, 0.15) is 21.6 Å². The van der Waals surface area contributed by atoms with E-state index < -0.39 is 10.8 Å². The van der Waals surface area contributed by atoms with Crippen LogP contribution in [0.15, 0.2) is 59.8 Å². The van der Waals surface area contributed by atoms with Crippen LogP contribution in [0.2, 0.25) is 10.0 Å². The summed E-state index contributed by atoms with van der Waals surface area (Å²) in [4.78, 5) is 22.3. The Balaban J connectivity index is 1.59. The molecule has 1 amide bonds. The molecule has 0 radical (unpaired) electrons. The van der Waals surface area contributed by atoms with Gasteiger partial charge in [0.05, 0.1) is 27.7 Å². The summed E-state index contributed by atoms with van der Waals surface area (Å²) in [6.45, 7) is 0.373. The van der Waals surface area contributed by atoms with Gasteiger partial charge in [-0.2, -0.15) is 10.2 Å². The number of halogens is 2. The Kier molecular flexibility index (Phi) is 6.03. The average Bonchev–Trinajstić information content (AvgIpc) is 3.13. The molecule has 0 aliphatic carbocycles. The summed E-state index contributed by atoms with van der Waals surface area (Å²) in [6.07, 6.45) is 3.08. The molecule has 0 saturated carbocycles. The molecule has 0 aliphatic rings. The predicted octanol–water partition coefficient (Wildman–Crippen LogP) is 3.91. The molecule has 0 spiro atoms. The van der Waals surface area contributed by atoms with E-state index in [0.29, 0.717) is 22.2 Å². The number of carbonyl (C=O) groups is 1. The summed E-state index contributed by atoms with van der Waals surface area (Å²) in [5.41, 5.74) is 4.09. The minimum atomic E-state index is -0.473. The quantitative estimate of drug-likeness (QED) is 0.373. The number of nitro groups is 1. The molecular formula is C18H13Cl2N5O3. The van der Waals surface area contributed by atoms with Crippen molar-refractivity contribution < 1.29 is 9.72 Å². The maximum atomic E-state index is 12.1. The van der Waals surface area contributed by atoms with E-state index in [1.54, 1.807) is 47.3 Å². The topological polar surface area (TPSA) is 102 Å². The largest absolute Gasteiger partial charge is 0.291 e. The smallest absolute Gasteiger partial charge is 0.268 e. The van der Waals surface area contributed by atoms with Crippen molar-refractivity contribution in [2.45, 2.75) is 6.54 Å². The van der Waals surface area contributed by atoms with Gasteiger partial charge in [0.15, 0.2) is 5.69 Å². The zero-order valence-corrected chi connectivity index (χ0v) is 15.8. The lowest BCUT2D eigenvalue weighted by Gasteiger charge is -2.02. The first-order chi connectivity index (χ1) is 13.4. The zero-order valence-electron chi connectivity index (χ0n) is 14.3. The van der Waals surface area contributed by atoms with Crippen molar-refractivity contribution >= 4 is 41.0 Å². The molecule has 2 aromatic carbocycles. The first kappa shape index (κ1) is 19.5. The van der Waals surface area contributed by atoms with Crippen LogP contribution in [0.25, 0.3) is 0 Å². The Morgan fingerprint density at radius 2 is 1.93 bits per heavy atom. The van der Waals surface area contributed by atoms with Gasteiger partial charge in [0.2, 0.25) is 0 Å². The van der Waals surface area contributed by atoms with Crippen molar-refractivity contribution in [2.75, 3.05) is 0 Å². The van der Waals surface area contributed by atoms with Gasteiger partial charge in [0, 0.05) is 18.3 Å². The fourth-order valence-electron chi connectivity index (χ4n) is 2.30. The zero-order chi connectivity index (χ0) is 20.1. The van der Waals surface area contributed by atoms with Crippen LogP contribution in [0, 0.1) is 10.1 Å². The molecular weight excluding hydrogens is 405 g/mol. The van der Waals surface area contributed by atoms with Gasteiger partial charge in [0.1, 0.15) is 0 Å². The van der Waals surface area contributed by atoms with Crippen LogP contribution < -0.4 is 5.43 Å². The van der Waals surface area contributed by atoms with E-state index in [1.807, 2.05) is 0 Å². The lowest BCUT2D eigenvalue weighted by atomic mass is 10.2. The van der Waals surface area contributed by atoms with Crippen molar-refractivity contribution in [3.8, 4) is 0 Å². The van der Waals surface area contributed by atoms with E-state index in [0.717, 1.165) is 5.56 Å². The highest BCUT2D eigenvalue weighted by Crippen LogP contribution is 2.21. The van der Waals surface area contributed by atoms with Gasteiger partial charge in [-0.05, 0) is 29.3 Å². The van der Waals surface area contributed by atoms with Gasteiger partial charge in [0.25, 0.3) is 11.6 Å². The summed E-state index contributed by atoms with van der Waals surface area (Å²) in [5, 5.41) is 19.5. The monoisotopic (exact) mass is 417 g/mol. The van der Waals surface area contributed by atoms with Gasteiger partial charge >= 0.3 is 0 Å². The van der Waals surface area contributed by atoms with Crippen LogP contribution in [0.5, 0.6) is 0 Å². The Morgan fingerprint density at radius 3 is 2.61 bits per heavy atom. The van der Waals surface area contributed by atoms with E-state index in [4.69, 9.17) is 23.2 Å². The second kappa shape index (κ2) is 8.64. The molecule has 28 heavy (non-hydrogen) atoms. The molecule has 0 aliphatic heterocycles. The van der Waals surface area contributed by atoms with Gasteiger partial charge in [-0.25, -0.2) is 5.43 Å². The van der Waals surface area contributed by atoms with E-state index in [9.17, 15) is 14.9 Å². The summed E-state index contributed by atoms with van der Waals surface area (Å²) in [6, 6.07) is 12.6. The van der Waals surface area contributed by atoms with Crippen molar-refractivity contribution in [3.63, 3.8) is 0 Å². The molecule has 8 nitrogen and oxygen atoms in total. The fourth-order valence-corrected chi connectivity index (χ4v) is 2.60. The highest BCUT2D eigenvalue weighted by Gasteiger charge is 2.09. The molecule has 1 heterocycles. The summed E-state index contributed by atoms with van der Waals surface area (Å²) in [7, 11) is 0. The Morgan fingerprint density at radius 1 is 1.18 bits per heavy atom. The lowest BCUT2D eigenvalue weighted by molar-refractivity contribution is -0.384. The summed E-state index contributed by atoms with van der Waals surface area (Å²) in [5.74, 6) is -0.473. The second-order valence-electron chi connectivity index (χ2n) is 5.69. The molecule has 0 atom stereocenters. The predicted molar refractivity (Wildman–Crippen MR) is 106 cm³/mol. The van der Waals surface area contributed by atoms with Gasteiger partial charge < -0.3 is 0 Å². The van der Waals surface area contributed by atoms with Crippen molar-refractivity contribution in [3.05, 3.63) is 91.7 Å². The van der Waals surface area contributed by atoms with E-state index >= 15 is 0 Å². The molecule has 1 aromatic heterocycles. The Bertz CT molecular complexity index is 1050. The number of rotatable bonds is 6. The number of carbonyl (C=O) groups excluding carboxylic acids is 1. The number of aromatic nitrogens is 2. The number of hydrogen-bond acceptors (Lipinski definition) is 5. The molecule has 0 unspecified atom stereocenters. The minimum absolute atomic E-state index is 0.0177. The lowest BCUT2D eigenvalue weighted by Crippen LogP contribution is -2.18. The fraction of sp³-hybridized carbons (Fsp3) is 0.0556. The molecule has 0 bridgehead atoms. The number of hydrogen-bond donors (Lipinski definition) is 1. The molecule has 0 saturated heterocycles. The molecule has 1 N–H and O–H groups in total. The standard InChI is InChI=1S/C18H13Cl2N5O3/c19-15-6-3-13(9-16(15)20)10-21-22-18(26)17-7-8-24(23-17)11-12-1-4-14(5-2-12)25(27)28/h1-10H,11H2,(H,22,26)/b21-10-. The van der Waals surface area contributed by atoms with Crippen molar-refractivity contribution in [1.29, 1.82) is 0 Å². The summed E-state index contributed by atoms with van der Waals surface area (Å²) >= 11 is 11.8. The van der Waals surface area contributed by atoms with Crippen LogP contribution >= 0.6 is 23.2 Å². The maximum absolute atomic E-state index is 12.1. The molecule has 10 heteroatoms. The highest BCUT2D eigenvalue weighted by atomic mass is 35.5. The number of non-ortho nitro benzene ring substituents is 1. The van der Waals surface area contributed by atoms with Crippen molar-refractivity contribution in [2.24, 2.45) is 5.10 Å². The van der Waals surface area contributed by atoms with E-state index in [2.05, 4.69) is 15.6 Å². The summed E-state index contributed by atoms with van der Waals surface area (Å²) < 4.78 is 1.55. The first-order valence-corrected chi connectivity index (χ1v) is 8.73. The average molecular weight is 418 g/mol. The van der Waals surface area contributed by atoms with Gasteiger partial charge in [-0.1, -0.05) is 41.4 Å². The first-order valence-electron chi connectivity index (χ1n) is 7.97. The third kappa shape index (κ3) is 4.93. The number of amides is 1. The Hall–Kier alpha value is -3.23. The van der Waals surface area contributed by atoms with Crippen LogP contribution in [-0.2, 0) is 6.54 Å². The minimum Gasteiger partial charge on any atom is -0.268 e. The Labute approximate surface area is 169 Å². The highest BCUT2D eigenvalue weighted by molar-refractivity contribution is 6.42. The molecule has 3 rings (SSSR count). The molecule has 142 valence electrons. The van der Waals surface area contributed by atoms with Crippen LogP contribution in [0.3, 0.4) is 0 Å². The number of nitrogens with zero attached hydrogens (tertiary/aromatic N) is 4.